The van der Waals surface area contributed by atoms with Gasteiger partial charge in [0.15, 0.2) is 0 Å². The number of nitrogens with two attached hydrogens (primary N) is 2. The lowest BCUT2D eigenvalue weighted by molar-refractivity contribution is 0.0948. The molecule has 0 fully saturated rings. The highest BCUT2D eigenvalue weighted by atomic mass is 32.2. The number of carbonyl (C=O) groups excluding carboxylic acids is 1. The Balaban J connectivity index is 1.83. The lowest BCUT2D eigenvalue weighted by Gasteiger charge is -2.03. The fourth-order valence-corrected chi connectivity index (χ4v) is 3.13. The van der Waals surface area contributed by atoms with E-state index in [9.17, 15) is 17.6 Å². The van der Waals surface area contributed by atoms with E-state index in [0.29, 0.717) is 5.69 Å². The van der Waals surface area contributed by atoms with Gasteiger partial charge in [0.25, 0.3) is 5.91 Å². The van der Waals surface area contributed by atoms with Crippen LogP contribution in [0, 0.1) is 5.82 Å². The SMILES string of the molecule is Nc1nc(Nc2ccc(S(N)(=O)=O)cc2)nn1C(=O)c1sccc1F. The molecule has 0 aliphatic carbocycles. The molecule has 9 nitrogen and oxygen atoms in total. The minimum absolute atomic E-state index is 0.00818. The molecule has 0 atom stereocenters. The van der Waals surface area contributed by atoms with E-state index in [1.54, 1.807) is 0 Å². The Morgan fingerprint density at radius 1 is 1.24 bits per heavy atom. The van der Waals surface area contributed by atoms with Crippen molar-refractivity contribution in [2.45, 2.75) is 4.90 Å². The van der Waals surface area contributed by atoms with E-state index in [0.717, 1.165) is 22.1 Å². The van der Waals surface area contributed by atoms with Gasteiger partial charge in [0.1, 0.15) is 10.7 Å². The number of sulfonamides is 1. The van der Waals surface area contributed by atoms with Crippen LogP contribution in [-0.2, 0) is 10.0 Å². The van der Waals surface area contributed by atoms with Crippen LogP contribution < -0.4 is 16.2 Å². The van der Waals surface area contributed by atoms with Crippen LogP contribution in [0.5, 0.6) is 0 Å². The predicted octanol–water partition coefficient (Wildman–Crippen LogP) is 1.14. The zero-order valence-corrected chi connectivity index (χ0v) is 14.0. The summed E-state index contributed by atoms with van der Waals surface area (Å²) >= 11 is 0.920. The van der Waals surface area contributed by atoms with Crippen molar-refractivity contribution in [3.8, 4) is 0 Å². The maximum atomic E-state index is 13.5. The zero-order valence-electron chi connectivity index (χ0n) is 12.4. The summed E-state index contributed by atoms with van der Waals surface area (Å²) in [5.41, 5.74) is 6.09. The van der Waals surface area contributed by atoms with Gasteiger partial charge in [-0.05, 0) is 35.7 Å². The number of nitrogen functional groups attached to an aromatic ring is 1. The van der Waals surface area contributed by atoms with Crippen molar-refractivity contribution < 1.29 is 17.6 Å². The number of hydrogen-bond acceptors (Lipinski definition) is 8. The molecule has 130 valence electrons. The Morgan fingerprint density at radius 2 is 1.92 bits per heavy atom. The van der Waals surface area contributed by atoms with E-state index in [1.807, 2.05) is 0 Å². The van der Waals surface area contributed by atoms with Crippen molar-refractivity contribution in [1.29, 1.82) is 0 Å². The minimum Gasteiger partial charge on any atom is -0.368 e. The summed E-state index contributed by atoms with van der Waals surface area (Å²) in [5.74, 6) is -1.64. The molecule has 0 spiro atoms. The van der Waals surface area contributed by atoms with Gasteiger partial charge in [-0.25, -0.2) is 17.9 Å². The number of aromatic nitrogens is 3. The first-order valence-electron chi connectivity index (χ1n) is 6.66. The molecule has 0 aliphatic heterocycles. The summed E-state index contributed by atoms with van der Waals surface area (Å²) in [5, 5.41) is 13.1. The monoisotopic (exact) mass is 382 g/mol. The van der Waals surface area contributed by atoms with Crippen molar-refractivity contribution >= 4 is 44.9 Å². The second-order valence-electron chi connectivity index (χ2n) is 4.80. The van der Waals surface area contributed by atoms with Crippen LogP contribution in [0.1, 0.15) is 9.67 Å². The molecule has 3 rings (SSSR count). The van der Waals surface area contributed by atoms with Crippen LogP contribution in [0.15, 0.2) is 40.6 Å². The molecule has 0 unspecified atom stereocenters. The van der Waals surface area contributed by atoms with Gasteiger partial charge in [-0.1, -0.05) is 0 Å². The fraction of sp³-hybridized carbons (Fsp3) is 0. The normalized spacial score (nSPS) is 11.4. The fourth-order valence-electron chi connectivity index (χ4n) is 1.93. The third kappa shape index (κ3) is 3.50. The molecular formula is C13H11FN6O3S2. The van der Waals surface area contributed by atoms with Gasteiger partial charge in [-0.3, -0.25) is 4.79 Å². The quantitative estimate of drug-likeness (QED) is 0.613. The Morgan fingerprint density at radius 3 is 2.48 bits per heavy atom. The van der Waals surface area contributed by atoms with Crippen molar-refractivity contribution in [2.75, 3.05) is 11.1 Å². The second kappa shape index (κ2) is 6.23. The molecule has 0 amide bonds. The highest BCUT2D eigenvalue weighted by Crippen LogP contribution is 2.20. The third-order valence-electron chi connectivity index (χ3n) is 3.07. The third-order valence-corrected chi connectivity index (χ3v) is 4.88. The van der Waals surface area contributed by atoms with Crippen LogP contribution in [0.2, 0.25) is 0 Å². The van der Waals surface area contributed by atoms with Crippen LogP contribution in [-0.4, -0.2) is 29.1 Å². The summed E-state index contributed by atoms with van der Waals surface area (Å²) in [6.07, 6.45) is 0. The molecule has 12 heteroatoms. The largest absolute Gasteiger partial charge is 0.368 e. The number of nitrogens with zero attached hydrogens (tertiary/aromatic N) is 3. The lowest BCUT2D eigenvalue weighted by atomic mass is 10.3. The van der Waals surface area contributed by atoms with E-state index in [4.69, 9.17) is 10.9 Å². The van der Waals surface area contributed by atoms with Crippen molar-refractivity contribution in [3.05, 3.63) is 46.4 Å². The Kier molecular flexibility index (Phi) is 4.24. The Labute approximate surface area is 145 Å². The first-order chi connectivity index (χ1) is 11.8. The van der Waals surface area contributed by atoms with Gasteiger partial charge in [0.05, 0.1) is 4.90 Å². The maximum absolute atomic E-state index is 13.5. The minimum atomic E-state index is -3.80. The highest BCUT2D eigenvalue weighted by Gasteiger charge is 2.20. The number of hydrogen-bond donors (Lipinski definition) is 3. The number of benzene rings is 1. The summed E-state index contributed by atoms with van der Waals surface area (Å²) in [6, 6.07) is 6.64. The van der Waals surface area contributed by atoms with E-state index in [1.165, 1.54) is 29.6 Å². The molecule has 5 N–H and O–H groups in total. The van der Waals surface area contributed by atoms with E-state index in [2.05, 4.69) is 15.4 Å². The van der Waals surface area contributed by atoms with Gasteiger partial charge in [-0.2, -0.15) is 9.67 Å². The molecule has 25 heavy (non-hydrogen) atoms. The molecule has 0 saturated carbocycles. The zero-order chi connectivity index (χ0) is 18.2. The highest BCUT2D eigenvalue weighted by molar-refractivity contribution is 7.89. The molecular weight excluding hydrogens is 371 g/mol. The van der Waals surface area contributed by atoms with Gasteiger partial charge in [-0.15, -0.1) is 16.4 Å². The smallest absolute Gasteiger partial charge is 0.294 e. The maximum Gasteiger partial charge on any atom is 0.294 e. The van der Waals surface area contributed by atoms with Crippen LogP contribution in [0.25, 0.3) is 0 Å². The first kappa shape index (κ1) is 17.0. The Bertz CT molecular complexity index is 1040. The first-order valence-corrected chi connectivity index (χ1v) is 9.08. The standard InChI is InChI=1S/C13H11FN6O3S2/c14-9-5-6-24-10(9)11(21)20-12(15)18-13(19-20)17-7-1-3-8(4-2-7)25(16,22)23/h1-6H,(H2,16,22,23)(H3,15,17,18,19). The number of thiophene rings is 1. The average Bonchev–Trinajstić information content (AvgIpc) is 3.12. The topological polar surface area (TPSA) is 146 Å². The van der Waals surface area contributed by atoms with Crippen LogP contribution in [0.4, 0.5) is 22.0 Å². The second-order valence-corrected chi connectivity index (χ2v) is 7.28. The Hall–Kier alpha value is -2.83. The molecule has 0 radical (unpaired) electrons. The van der Waals surface area contributed by atoms with Gasteiger partial charge >= 0.3 is 0 Å². The van der Waals surface area contributed by atoms with Gasteiger partial charge < -0.3 is 11.1 Å². The molecule has 0 bridgehead atoms. The van der Waals surface area contributed by atoms with Gasteiger partial charge in [0, 0.05) is 5.69 Å². The number of nitrogens with one attached hydrogen (secondary N) is 1. The molecule has 2 aromatic heterocycles. The van der Waals surface area contributed by atoms with E-state index >= 15 is 0 Å². The number of carbonyl (C=O) groups is 1. The number of rotatable bonds is 4. The number of primary sulfonamides is 1. The van der Waals surface area contributed by atoms with E-state index < -0.39 is 21.7 Å². The van der Waals surface area contributed by atoms with E-state index in [-0.39, 0.29) is 21.7 Å². The summed E-state index contributed by atoms with van der Waals surface area (Å²) in [7, 11) is -3.80. The summed E-state index contributed by atoms with van der Waals surface area (Å²) in [4.78, 5) is 15.9. The van der Waals surface area contributed by atoms with Crippen molar-refractivity contribution in [2.24, 2.45) is 5.14 Å². The van der Waals surface area contributed by atoms with Crippen molar-refractivity contribution in [3.63, 3.8) is 0 Å². The number of anilines is 3. The molecule has 0 aliphatic rings. The molecule has 1 aromatic carbocycles. The predicted molar refractivity (Wildman–Crippen MR) is 89.5 cm³/mol. The molecule has 2 heterocycles. The molecule has 0 saturated heterocycles. The lowest BCUT2D eigenvalue weighted by Crippen LogP contribution is -2.16. The van der Waals surface area contributed by atoms with Gasteiger partial charge in [0.2, 0.25) is 21.9 Å². The average molecular weight is 382 g/mol. The summed E-state index contributed by atoms with van der Waals surface area (Å²) in [6.45, 7) is 0. The summed E-state index contributed by atoms with van der Waals surface area (Å²) < 4.78 is 36.7. The van der Waals surface area contributed by atoms with Crippen molar-refractivity contribution in [1.82, 2.24) is 14.8 Å². The van der Waals surface area contributed by atoms with Crippen LogP contribution in [0.3, 0.4) is 0 Å². The van der Waals surface area contributed by atoms with Crippen LogP contribution >= 0.6 is 11.3 Å². The number of halogens is 1. The molecule has 3 aromatic rings.